The Balaban J connectivity index is 1.45. The average molecular weight is 388 g/mol. The summed E-state index contributed by atoms with van der Waals surface area (Å²) in [5, 5.41) is 27.6. The number of piperidine rings is 1. The number of nitrogens with one attached hydrogen (secondary N) is 1. The maximum absolute atomic E-state index is 11.1. The first kappa shape index (κ1) is 20.3. The molecule has 1 amide bonds. The molecule has 1 aliphatic heterocycles. The van der Waals surface area contributed by atoms with E-state index in [0.29, 0.717) is 39.2 Å². The predicted molar refractivity (Wildman–Crippen MR) is 104 cm³/mol. The van der Waals surface area contributed by atoms with Gasteiger partial charge in [0.1, 0.15) is 18.0 Å². The molecule has 1 aromatic heterocycles. The number of aliphatic hydroxyl groups excluding tert-OH is 1. The van der Waals surface area contributed by atoms with E-state index < -0.39 is 11.7 Å². The van der Waals surface area contributed by atoms with Crippen LogP contribution in [0.2, 0.25) is 0 Å². The highest BCUT2D eigenvalue weighted by molar-refractivity contribution is 5.72. The van der Waals surface area contributed by atoms with Crippen molar-refractivity contribution >= 4 is 5.91 Å². The normalized spacial score (nSPS) is 22.8. The van der Waals surface area contributed by atoms with Gasteiger partial charge in [0.05, 0.1) is 12.6 Å². The molecule has 1 aliphatic rings. The highest BCUT2D eigenvalue weighted by Gasteiger charge is 2.40. The van der Waals surface area contributed by atoms with E-state index >= 15 is 0 Å². The fourth-order valence-electron chi connectivity index (χ4n) is 3.29. The molecule has 152 valence electrons. The SMILES string of the molecule is CC(=O)NC[C@]1(O)CCN(Cc2ccc(OCCn3cccn3)cc2)C[C@H]1O. The summed E-state index contributed by atoms with van der Waals surface area (Å²) >= 11 is 0. The first-order valence-corrected chi connectivity index (χ1v) is 9.51. The van der Waals surface area contributed by atoms with Crippen LogP contribution in [0.15, 0.2) is 42.7 Å². The second-order valence-corrected chi connectivity index (χ2v) is 7.28. The summed E-state index contributed by atoms with van der Waals surface area (Å²) in [6.45, 7) is 4.40. The van der Waals surface area contributed by atoms with E-state index in [-0.39, 0.29) is 12.5 Å². The minimum atomic E-state index is -1.27. The van der Waals surface area contributed by atoms with Gasteiger partial charge in [0.2, 0.25) is 5.91 Å². The average Bonchev–Trinajstić information content (AvgIpc) is 3.18. The molecule has 2 atom stereocenters. The van der Waals surface area contributed by atoms with Gasteiger partial charge in [-0.25, -0.2) is 0 Å². The lowest BCUT2D eigenvalue weighted by Crippen LogP contribution is -2.59. The molecule has 0 aliphatic carbocycles. The maximum Gasteiger partial charge on any atom is 0.216 e. The van der Waals surface area contributed by atoms with Gasteiger partial charge in [0.15, 0.2) is 0 Å². The molecule has 0 spiro atoms. The molecule has 1 saturated heterocycles. The van der Waals surface area contributed by atoms with Crippen molar-refractivity contribution in [1.82, 2.24) is 20.0 Å². The number of likely N-dealkylation sites (tertiary alicyclic amines) is 1. The lowest BCUT2D eigenvalue weighted by molar-refractivity contribution is -0.130. The number of β-amino-alcohol motifs (C(OH)–C–C–N with tert-alkyl or cyclic N) is 1. The summed E-state index contributed by atoms with van der Waals surface area (Å²) < 4.78 is 7.56. The number of aromatic nitrogens is 2. The fraction of sp³-hybridized carbons (Fsp3) is 0.500. The highest BCUT2D eigenvalue weighted by Crippen LogP contribution is 2.24. The zero-order valence-corrected chi connectivity index (χ0v) is 16.1. The third-order valence-electron chi connectivity index (χ3n) is 5.03. The summed E-state index contributed by atoms with van der Waals surface area (Å²) in [5.74, 6) is 0.592. The van der Waals surface area contributed by atoms with Gasteiger partial charge in [0, 0.05) is 45.5 Å². The zero-order valence-electron chi connectivity index (χ0n) is 16.1. The van der Waals surface area contributed by atoms with Crippen molar-refractivity contribution < 1.29 is 19.7 Å². The minimum Gasteiger partial charge on any atom is -0.492 e. The van der Waals surface area contributed by atoms with Crippen LogP contribution in [-0.2, 0) is 17.9 Å². The standard InChI is InChI=1S/C20H28N4O4/c1-16(25)21-15-20(27)7-10-23(14-19(20)26)13-17-3-5-18(6-4-17)28-12-11-24-9-2-8-22-24/h2-6,8-9,19,26-27H,7,10-15H2,1H3,(H,21,25)/t19-,20-/m1/s1. The van der Waals surface area contributed by atoms with Crippen molar-refractivity contribution in [3.63, 3.8) is 0 Å². The van der Waals surface area contributed by atoms with E-state index in [1.54, 1.807) is 6.20 Å². The van der Waals surface area contributed by atoms with Crippen LogP contribution < -0.4 is 10.1 Å². The van der Waals surface area contributed by atoms with Gasteiger partial charge in [-0.05, 0) is 30.2 Å². The Morgan fingerprint density at radius 2 is 2.18 bits per heavy atom. The largest absolute Gasteiger partial charge is 0.492 e. The monoisotopic (exact) mass is 388 g/mol. The number of ether oxygens (including phenoxy) is 1. The first-order chi connectivity index (χ1) is 13.4. The van der Waals surface area contributed by atoms with Crippen molar-refractivity contribution in [3.05, 3.63) is 48.3 Å². The molecule has 0 saturated carbocycles. The Morgan fingerprint density at radius 1 is 1.39 bits per heavy atom. The molecular formula is C20H28N4O4. The van der Waals surface area contributed by atoms with Crippen LogP contribution in [0.3, 0.4) is 0 Å². The fourth-order valence-corrected chi connectivity index (χ4v) is 3.29. The predicted octanol–water partition coefficient (Wildman–Crippen LogP) is 0.396. The summed E-state index contributed by atoms with van der Waals surface area (Å²) in [6.07, 6.45) is 3.14. The summed E-state index contributed by atoms with van der Waals surface area (Å²) in [5.41, 5.74) is -0.159. The molecule has 2 heterocycles. The van der Waals surface area contributed by atoms with E-state index in [9.17, 15) is 15.0 Å². The van der Waals surface area contributed by atoms with Crippen molar-refractivity contribution in [2.45, 2.75) is 38.1 Å². The van der Waals surface area contributed by atoms with Gasteiger partial charge >= 0.3 is 0 Å². The molecule has 2 aromatic rings. The number of hydrogen-bond donors (Lipinski definition) is 3. The smallest absolute Gasteiger partial charge is 0.216 e. The molecule has 0 bridgehead atoms. The van der Waals surface area contributed by atoms with Gasteiger partial charge < -0.3 is 20.3 Å². The lowest BCUT2D eigenvalue weighted by atomic mass is 9.88. The molecule has 0 radical (unpaired) electrons. The Hall–Kier alpha value is -2.42. The number of nitrogens with zero attached hydrogens (tertiary/aromatic N) is 3. The van der Waals surface area contributed by atoms with Gasteiger partial charge in [-0.1, -0.05) is 12.1 Å². The zero-order chi connectivity index (χ0) is 20.0. The Labute approximate surface area is 164 Å². The number of benzene rings is 1. The topological polar surface area (TPSA) is 99.8 Å². The van der Waals surface area contributed by atoms with E-state index in [1.807, 2.05) is 41.2 Å². The number of aliphatic hydroxyl groups is 2. The summed E-state index contributed by atoms with van der Waals surface area (Å²) in [6, 6.07) is 9.77. The maximum atomic E-state index is 11.1. The van der Waals surface area contributed by atoms with Crippen molar-refractivity contribution in [3.8, 4) is 5.75 Å². The van der Waals surface area contributed by atoms with Crippen molar-refractivity contribution in [2.24, 2.45) is 0 Å². The van der Waals surface area contributed by atoms with Crippen LogP contribution >= 0.6 is 0 Å². The van der Waals surface area contributed by atoms with Gasteiger partial charge in [-0.3, -0.25) is 14.4 Å². The molecule has 0 unspecified atom stereocenters. The van der Waals surface area contributed by atoms with E-state index in [0.717, 1.165) is 11.3 Å². The summed E-state index contributed by atoms with van der Waals surface area (Å²) in [7, 11) is 0. The van der Waals surface area contributed by atoms with Crippen LogP contribution in [0.1, 0.15) is 18.9 Å². The number of rotatable bonds is 8. The van der Waals surface area contributed by atoms with Crippen LogP contribution in [0, 0.1) is 0 Å². The van der Waals surface area contributed by atoms with Gasteiger partial charge in [-0.15, -0.1) is 0 Å². The number of carbonyl (C=O) groups excluding carboxylic acids is 1. The molecule has 3 N–H and O–H groups in total. The van der Waals surface area contributed by atoms with Gasteiger partial charge in [0.25, 0.3) is 0 Å². The molecule has 28 heavy (non-hydrogen) atoms. The van der Waals surface area contributed by atoms with Crippen molar-refractivity contribution in [2.75, 3.05) is 26.2 Å². The Morgan fingerprint density at radius 3 is 2.82 bits per heavy atom. The lowest BCUT2D eigenvalue weighted by Gasteiger charge is -2.42. The molecule has 1 aromatic carbocycles. The van der Waals surface area contributed by atoms with Gasteiger partial charge in [-0.2, -0.15) is 5.10 Å². The van der Waals surface area contributed by atoms with E-state index in [1.165, 1.54) is 6.92 Å². The summed E-state index contributed by atoms with van der Waals surface area (Å²) in [4.78, 5) is 13.2. The Bertz CT molecular complexity index is 750. The molecule has 8 heteroatoms. The van der Waals surface area contributed by atoms with Crippen LogP contribution in [0.5, 0.6) is 5.75 Å². The highest BCUT2D eigenvalue weighted by atomic mass is 16.5. The van der Waals surface area contributed by atoms with E-state index in [4.69, 9.17) is 4.74 Å². The third-order valence-corrected chi connectivity index (χ3v) is 5.03. The first-order valence-electron chi connectivity index (χ1n) is 9.51. The third kappa shape index (κ3) is 5.54. The van der Waals surface area contributed by atoms with Crippen molar-refractivity contribution in [1.29, 1.82) is 0 Å². The van der Waals surface area contributed by atoms with E-state index in [2.05, 4.69) is 15.3 Å². The Kier molecular flexibility index (Phi) is 6.66. The molecule has 1 fully saturated rings. The van der Waals surface area contributed by atoms with Crippen LogP contribution in [-0.4, -0.2) is 68.7 Å². The number of carbonyl (C=O) groups is 1. The number of amides is 1. The second kappa shape index (κ2) is 9.18. The van der Waals surface area contributed by atoms with Crippen LogP contribution in [0.25, 0.3) is 0 Å². The molecule has 8 nitrogen and oxygen atoms in total. The quantitative estimate of drug-likeness (QED) is 0.605. The molecule has 3 rings (SSSR count). The van der Waals surface area contributed by atoms with Crippen LogP contribution in [0.4, 0.5) is 0 Å². The molecular weight excluding hydrogens is 360 g/mol. The second-order valence-electron chi connectivity index (χ2n) is 7.28. The number of hydrogen-bond acceptors (Lipinski definition) is 6. The minimum absolute atomic E-state index is 0.0713.